The van der Waals surface area contributed by atoms with Crippen LogP contribution in [-0.2, 0) is 26.2 Å². The van der Waals surface area contributed by atoms with Gasteiger partial charge in [-0.2, -0.15) is 0 Å². The van der Waals surface area contributed by atoms with Crippen molar-refractivity contribution in [3.05, 3.63) is 52.0 Å². The van der Waals surface area contributed by atoms with Gasteiger partial charge >= 0.3 is 0 Å². The van der Waals surface area contributed by atoms with E-state index in [9.17, 15) is 18.0 Å². The molecule has 1 aliphatic rings. The van der Waals surface area contributed by atoms with E-state index in [4.69, 9.17) is 32.7 Å². The summed E-state index contributed by atoms with van der Waals surface area (Å²) in [7, 11) is -3.89. The van der Waals surface area contributed by atoms with Crippen LogP contribution in [0.25, 0.3) is 0 Å². The normalized spacial score (nSPS) is 14.0. The maximum absolute atomic E-state index is 13.7. The van der Waals surface area contributed by atoms with Crippen LogP contribution in [0, 0.1) is 0 Å². The number of rotatable bonds is 8. The molecule has 0 radical (unpaired) electrons. The van der Waals surface area contributed by atoms with E-state index in [2.05, 4.69) is 5.32 Å². The van der Waals surface area contributed by atoms with Crippen LogP contribution in [0.5, 0.6) is 11.5 Å². The smallest absolute Gasteiger partial charge is 0.244 e. The minimum atomic E-state index is -3.89. The molecule has 0 aromatic heterocycles. The van der Waals surface area contributed by atoms with E-state index in [-0.39, 0.29) is 12.2 Å². The Morgan fingerprint density at radius 1 is 1.05 bits per heavy atom. The number of carbonyl (C=O) groups is 2. The lowest BCUT2D eigenvalue weighted by atomic mass is 10.1. The molecule has 12 heteroatoms. The average Bonchev–Trinajstić information content (AvgIpc) is 2.79. The molecule has 9 nitrogen and oxygen atoms in total. The van der Waals surface area contributed by atoms with Crippen LogP contribution in [-0.4, -0.2) is 62.7 Å². The first-order valence-corrected chi connectivity index (χ1v) is 14.2. The fraction of sp³-hybridized carbons (Fsp3) is 0.440. The largest absolute Gasteiger partial charge is 0.486 e. The molecule has 1 heterocycles. The summed E-state index contributed by atoms with van der Waals surface area (Å²) in [5.41, 5.74) is 0.249. The van der Waals surface area contributed by atoms with Gasteiger partial charge in [-0.25, -0.2) is 8.42 Å². The molecule has 1 aliphatic heterocycles. The number of fused-ring (bicyclic) bond motifs is 1. The summed E-state index contributed by atoms with van der Waals surface area (Å²) in [4.78, 5) is 28.0. The molecule has 2 amide bonds. The Morgan fingerprint density at radius 3 is 2.30 bits per heavy atom. The van der Waals surface area contributed by atoms with E-state index in [0.29, 0.717) is 40.3 Å². The molecule has 0 fully saturated rings. The van der Waals surface area contributed by atoms with Crippen molar-refractivity contribution in [3.8, 4) is 11.5 Å². The van der Waals surface area contributed by atoms with Crippen LogP contribution in [0.1, 0.15) is 33.3 Å². The molecular formula is C25H31Cl2N3O6S. The number of halogens is 2. The van der Waals surface area contributed by atoms with Crippen molar-refractivity contribution in [3.63, 3.8) is 0 Å². The van der Waals surface area contributed by atoms with E-state index in [1.54, 1.807) is 31.2 Å². The van der Waals surface area contributed by atoms with Crippen LogP contribution in [0.2, 0.25) is 10.0 Å². The van der Waals surface area contributed by atoms with Crippen molar-refractivity contribution in [2.45, 2.75) is 45.8 Å². The van der Waals surface area contributed by atoms with E-state index >= 15 is 0 Å². The molecule has 3 rings (SSSR count). The Balaban J connectivity index is 1.95. The summed E-state index contributed by atoms with van der Waals surface area (Å²) in [5, 5.41) is 3.61. The van der Waals surface area contributed by atoms with Crippen molar-refractivity contribution in [2.24, 2.45) is 0 Å². The average molecular weight is 573 g/mol. The Kier molecular flexibility index (Phi) is 8.87. The van der Waals surface area contributed by atoms with Crippen molar-refractivity contribution >= 4 is 50.7 Å². The van der Waals surface area contributed by atoms with Crippen LogP contribution in [0.15, 0.2) is 36.4 Å². The first kappa shape index (κ1) is 28.9. The third kappa shape index (κ3) is 7.66. The fourth-order valence-electron chi connectivity index (χ4n) is 3.69. The van der Waals surface area contributed by atoms with Gasteiger partial charge in [0.2, 0.25) is 21.8 Å². The minimum absolute atomic E-state index is 0.0354. The highest BCUT2D eigenvalue weighted by Crippen LogP contribution is 2.35. The number of sulfonamides is 1. The Hall–Kier alpha value is -2.69. The number of carbonyl (C=O) groups excluding carboxylic acids is 2. The second-order valence-electron chi connectivity index (χ2n) is 9.77. The topological polar surface area (TPSA) is 105 Å². The fourth-order valence-corrected chi connectivity index (χ4v) is 5.00. The van der Waals surface area contributed by atoms with Crippen LogP contribution < -0.4 is 19.1 Å². The standard InChI is InChI=1S/C25H31Cl2N3O6S/c1-16(24(32)28-25(2,3)4)29(14-17-6-7-18(26)12-20(17)27)23(31)15-30(37(5,33)34)19-8-9-21-22(13-19)36-11-10-35-21/h6-9,12-13,16H,10-11,14-15H2,1-5H3,(H,28,32)/t16-/m1/s1. The molecular weight excluding hydrogens is 541 g/mol. The highest BCUT2D eigenvalue weighted by atomic mass is 35.5. The van der Waals surface area contributed by atoms with Gasteiger partial charge in [-0.3, -0.25) is 13.9 Å². The predicted molar refractivity (Wildman–Crippen MR) is 144 cm³/mol. The molecule has 0 saturated heterocycles. The van der Waals surface area contributed by atoms with E-state index in [0.717, 1.165) is 10.6 Å². The molecule has 1 N–H and O–H groups in total. The van der Waals surface area contributed by atoms with Gasteiger partial charge in [0.1, 0.15) is 25.8 Å². The number of nitrogens with zero attached hydrogens (tertiary/aromatic N) is 2. The van der Waals surface area contributed by atoms with Gasteiger partial charge in [0.05, 0.1) is 11.9 Å². The van der Waals surface area contributed by atoms with Gasteiger partial charge in [0, 0.05) is 28.2 Å². The van der Waals surface area contributed by atoms with E-state index < -0.39 is 40.0 Å². The Bertz CT molecular complexity index is 1280. The number of nitrogens with one attached hydrogen (secondary N) is 1. The van der Waals surface area contributed by atoms with Crippen LogP contribution in [0.3, 0.4) is 0 Å². The van der Waals surface area contributed by atoms with Crippen molar-refractivity contribution in [1.82, 2.24) is 10.2 Å². The summed E-state index contributed by atoms with van der Waals surface area (Å²) in [6.45, 7) is 7.19. The van der Waals surface area contributed by atoms with E-state index in [1.165, 1.54) is 17.0 Å². The van der Waals surface area contributed by atoms with E-state index in [1.807, 2.05) is 20.8 Å². The maximum atomic E-state index is 13.7. The van der Waals surface area contributed by atoms with Crippen molar-refractivity contribution in [1.29, 1.82) is 0 Å². The molecule has 0 aliphatic carbocycles. The predicted octanol–water partition coefficient (Wildman–Crippen LogP) is 3.86. The number of amides is 2. The molecule has 2 aromatic rings. The first-order chi connectivity index (χ1) is 17.2. The summed E-state index contributed by atoms with van der Waals surface area (Å²) < 4.78 is 37.6. The number of hydrogen-bond acceptors (Lipinski definition) is 6. The van der Waals surface area contributed by atoms with Gasteiger partial charge in [-0.1, -0.05) is 29.3 Å². The monoisotopic (exact) mass is 571 g/mol. The Morgan fingerprint density at radius 2 is 1.70 bits per heavy atom. The van der Waals surface area contributed by atoms with Gasteiger partial charge < -0.3 is 19.7 Å². The summed E-state index contributed by atoms with van der Waals surface area (Å²) in [5.74, 6) is -0.118. The van der Waals surface area contributed by atoms with Crippen LogP contribution >= 0.6 is 23.2 Å². The zero-order valence-electron chi connectivity index (χ0n) is 21.4. The lowest BCUT2D eigenvalue weighted by molar-refractivity contribution is -0.140. The van der Waals surface area contributed by atoms with Crippen molar-refractivity contribution in [2.75, 3.05) is 30.3 Å². The van der Waals surface area contributed by atoms with Gasteiger partial charge in [-0.15, -0.1) is 0 Å². The molecule has 1 atom stereocenters. The van der Waals surface area contributed by atoms with Gasteiger partial charge in [0.25, 0.3) is 0 Å². The minimum Gasteiger partial charge on any atom is -0.486 e. The van der Waals surface area contributed by atoms with Gasteiger partial charge in [-0.05, 0) is 57.5 Å². The van der Waals surface area contributed by atoms with Crippen LogP contribution in [0.4, 0.5) is 5.69 Å². The molecule has 0 spiro atoms. The maximum Gasteiger partial charge on any atom is 0.244 e. The second-order valence-corrected chi connectivity index (χ2v) is 12.5. The zero-order chi connectivity index (χ0) is 27.5. The summed E-state index contributed by atoms with van der Waals surface area (Å²) in [6, 6.07) is 8.55. The lowest BCUT2D eigenvalue weighted by Crippen LogP contribution is -2.54. The second kappa shape index (κ2) is 11.4. The highest BCUT2D eigenvalue weighted by Gasteiger charge is 2.32. The zero-order valence-corrected chi connectivity index (χ0v) is 23.7. The first-order valence-electron chi connectivity index (χ1n) is 11.6. The number of hydrogen-bond donors (Lipinski definition) is 1. The third-order valence-corrected chi connectivity index (χ3v) is 7.24. The quantitative estimate of drug-likeness (QED) is 0.515. The SMILES string of the molecule is C[C@H](C(=O)NC(C)(C)C)N(Cc1ccc(Cl)cc1Cl)C(=O)CN(c1ccc2c(c1)OCCO2)S(C)(=O)=O. The lowest BCUT2D eigenvalue weighted by Gasteiger charge is -2.33. The molecule has 0 unspecified atom stereocenters. The third-order valence-electron chi connectivity index (χ3n) is 5.51. The Labute approximate surface area is 227 Å². The molecule has 2 aromatic carbocycles. The molecule has 202 valence electrons. The number of anilines is 1. The van der Waals surface area contributed by atoms with Gasteiger partial charge in [0.15, 0.2) is 11.5 Å². The molecule has 0 bridgehead atoms. The molecule has 37 heavy (non-hydrogen) atoms. The van der Waals surface area contributed by atoms with Crippen molar-refractivity contribution < 1.29 is 27.5 Å². The molecule has 0 saturated carbocycles. The number of benzene rings is 2. The number of ether oxygens (including phenoxy) is 2. The summed E-state index contributed by atoms with van der Waals surface area (Å²) >= 11 is 12.4. The highest BCUT2D eigenvalue weighted by molar-refractivity contribution is 7.92. The summed E-state index contributed by atoms with van der Waals surface area (Å²) in [6.07, 6.45) is 1.01.